The van der Waals surface area contributed by atoms with E-state index in [0.717, 1.165) is 29.4 Å². The van der Waals surface area contributed by atoms with Crippen LogP contribution in [0, 0.1) is 0 Å². The molecule has 2 aromatic carbocycles. The predicted octanol–water partition coefficient (Wildman–Crippen LogP) is 2.37. The van der Waals surface area contributed by atoms with E-state index >= 15 is 0 Å². The Hall–Kier alpha value is -3.28. The zero-order valence-electron chi connectivity index (χ0n) is 15.6. The lowest BCUT2D eigenvalue weighted by atomic mass is 9.98. The number of hydrogen-bond donors (Lipinski definition) is 1. The van der Waals surface area contributed by atoms with Gasteiger partial charge in [-0.3, -0.25) is 9.52 Å². The second kappa shape index (κ2) is 8.22. The third-order valence-electron chi connectivity index (χ3n) is 3.97. The van der Waals surface area contributed by atoms with E-state index in [1.807, 2.05) is 0 Å². The van der Waals surface area contributed by atoms with Crippen LogP contribution in [0.2, 0.25) is 0 Å². The maximum absolute atomic E-state index is 12.7. The third kappa shape index (κ3) is 5.41. The molecule has 0 bridgehead atoms. The Bertz CT molecular complexity index is 1160. The topological polar surface area (TPSA) is 107 Å². The van der Waals surface area contributed by atoms with Crippen molar-refractivity contribution < 1.29 is 26.4 Å². The summed E-state index contributed by atoms with van der Waals surface area (Å²) in [4.78, 5) is 11.8. The van der Waals surface area contributed by atoms with Gasteiger partial charge in [0.15, 0.2) is 5.88 Å². The summed E-state index contributed by atoms with van der Waals surface area (Å²) >= 11 is 0. The van der Waals surface area contributed by atoms with Crippen LogP contribution in [0.3, 0.4) is 0 Å². The first-order valence-electron chi connectivity index (χ1n) is 8.57. The molecule has 1 amide bonds. The molecular formula is C18H16F3N5O3S. The van der Waals surface area contributed by atoms with Crippen LogP contribution in [0.25, 0.3) is 11.4 Å². The van der Waals surface area contributed by atoms with Gasteiger partial charge in [-0.2, -0.15) is 13.2 Å². The van der Waals surface area contributed by atoms with Gasteiger partial charge in [0.2, 0.25) is 11.7 Å². The van der Waals surface area contributed by atoms with Crippen LogP contribution in [0.15, 0.2) is 48.5 Å². The van der Waals surface area contributed by atoms with Gasteiger partial charge in [-0.05, 0) is 34.9 Å². The number of nitrogens with one attached hydrogen (secondary N) is 1. The summed E-state index contributed by atoms with van der Waals surface area (Å²) in [5.41, 5.74) is 1.20. The van der Waals surface area contributed by atoms with Crippen molar-refractivity contribution >= 4 is 15.9 Å². The van der Waals surface area contributed by atoms with Gasteiger partial charge in [0, 0.05) is 12.5 Å². The number of nitrogens with zero attached hydrogens (tertiary/aromatic N) is 4. The number of sulfonamides is 1. The Morgan fingerprint density at radius 3 is 2.40 bits per heavy atom. The molecule has 0 fully saturated rings. The highest BCUT2D eigenvalue weighted by Crippen LogP contribution is 2.30. The van der Waals surface area contributed by atoms with Crippen LogP contribution in [0.5, 0.6) is 0 Å². The van der Waals surface area contributed by atoms with E-state index in [0.29, 0.717) is 17.5 Å². The van der Waals surface area contributed by atoms with Gasteiger partial charge in [0.25, 0.3) is 10.0 Å². The minimum absolute atomic E-state index is 0.149. The number of carbonyl (C=O) groups excluding carboxylic acids is 1. The molecule has 0 unspecified atom stereocenters. The zero-order valence-corrected chi connectivity index (χ0v) is 16.4. The molecule has 0 saturated heterocycles. The van der Waals surface area contributed by atoms with Gasteiger partial charge in [0.1, 0.15) is 0 Å². The summed E-state index contributed by atoms with van der Waals surface area (Å²) in [6.07, 6.45) is -4.09. The Labute approximate surface area is 169 Å². The monoisotopic (exact) mass is 439 g/mol. The van der Waals surface area contributed by atoms with Gasteiger partial charge >= 0.3 is 6.18 Å². The van der Waals surface area contributed by atoms with Crippen molar-refractivity contribution in [2.75, 3.05) is 0 Å². The van der Waals surface area contributed by atoms with Gasteiger partial charge in [-0.1, -0.05) is 36.4 Å². The molecule has 0 aliphatic carbocycles. The average Bonchev–Trinajstić information content (AvgIpc) is 3.08. The quantitative estimate of drug-likeness (QED) is 0.632. The molecule has 1 aromatic heterocycles. The van der Waals surface area contributed by atoms with E-state index < -0.39 is 33.5 Å². The van der Waals surface area contributed by atoms with Gasteiger partial charge in [-0.15, -0.1) is 15.0 Å². The van der Waals surface area contributed by atoms with Crippen molar-refractivity contribution in [2.45, 2.75) is 25.4 Å². The first-order valence-corrected chi connectivity index (χ1v) is 10.2. The van der Waals surface area contributed by atoms with Gasteiger partial charge in [0.05, 0.1) is 5.56 Å². The van der Waals surface area contributed by atoms with Crippen molar-refractivity contribution in [2.24, 2.45) is 0 Å². The summed E-state index contributed by atoms with van der Waals surface area (Å²) < 4.78 is 63.6. The molecule has 0 radical (unpaired) electrons. The number of amides is 1. The normalized spacial score (nSPS) is 12.0. The van der Waals surface area contributed by atoms with Gasteiger partial charge < -0.3 is 0 Å². The van der Waals surface area contributed by atoms with Crippen molar-refractivity contribution in [3.63, 3.8) is 0 Å². The highest BCUT2D eigenvalue weighted by Gasteiger charge is 2.30. The number of benzene rings is 2. The molecule has 30 heavy (non-hydrogen) atoms. The number of carbonyl (C=O) groups is 1. The maximum atomic E-state index is 12.7. The number of aromatic nitrogens is 4. The lowest BCUT2D eigenvalue weighted by Crippen LogP contribution is -2.31. The van der Waals surface area contributed by atoms with E-state index in [1.54, 1.807) is 29.0 Å². The summed E-state index contributed by atoms with van der Waals surface area (Å²) in [5.74, 6) is -1.28. The van der Waals surface area contributed by atoms with Crippen LogP contribution in [0.1, 0.15) is 23.6 Å². The number of tetrazole rings is 1. The first kappa shape index (κ1) is 21.4. The van der Waals surface area contributed by atoms with Crippen LogP contribution in [-0.4, -0.2) is 34.5 Å². The number of alkyl halides is 3. The Morgan fingerprint density at radius 1 is 1.10 bits per heavy atom. The molecule has 3 aromatic rings. The fourth-order valence-corrected chi connectivity index (χ4v) is 3.65. The highest BCUT2D eigenvalue weighted by molar-refractivity contribution is 7.89. The highest BCUT2D eigenvalue weighted by atomic mass is 32.2. The smallest absolute Gasteiger partial charge is 0.274 e. The van der Waals surface area contributed by atoms with E-state index in [1.165, 1.54) is 12.1 Å². The Kier molecular flexibility index (Phi) is 5.87. The summed E-state index contributed by atoms with van der Waals surface area (Å²) in [6, 6.07) is 11.8. The second-order valence-corrected chi connectivity index (χ2v) is 8.11. The molecule has 0 saturated carbocycles. The number of rotatable bonds is 6. The van der Waals surface area contributed by atoms with Crippen LogP contribution in [0.4, 0.5) is 13.2 Å². The average molecular weight is 439 g/mol. The lowest BCUT2D eigenvalue weighted by Gasteiger charge is -2.09. The first-order chi connectivity index (χ1) is 14.0. The fraction of sp³-hybridized carbons (Fsp3) is 0.222. The number of hydrogen-bond acceptors (Lipinski definition) is 6. The molecule has 1 N–H and O–H groups in total. The minimum Gasteiger partial charge on any atom is -0.274 e. The van der Waals surface area contributed by atoms with Crippen molar-refractivity contribution in [3.05, 3.63) is 65.2 Å². The van der Waals surface area contributed by atoms with Crippen molar-refractivity contribution in [1.82, 2.24) is 24.9 Å². The molecule has 1 heterocycles. The van der Waals surface area contributed by atoms with Crippen molar-refractivity contribution in [3.8, 4) is 11.4 Å². The van der Waals surface area contributed by atoms with Crippen molar-refractivity contribution in [1.29, 1.82) is 0 Å². The van der Waals surface area contributed by atoms with E-state index in [2.05, 4.69) is 15.4 Å². The Balaban J connectivity index is 1.82. The minimum atomic E-state index is -4.41. The summed E-state index contributed by atoms with van der Waals surface area (Å²) in [6.45, 7) is 1.06. The largest absolute Gasteiger partial charge is 0.416 e. The molecular weight excluding hydrogens is 423 g/mol. The summed E-state index contributed by atoms with van der Waals surface area (Å²) in [5, 5.41) is 11.6. The van der Waals surface area contributed by atoms with Gasteiger partial charge in [-0.25, -0.2) is 8.42 Å². The molecule has 3 rings (SSSR count). The molecule has 0 aliphatic rings. The molecule has 12 heteroatoms. The molecule has 0 aliphatic heterocycles. The van der Waals surface area contributed by atoms with E-state index in [9.17, 15) is 26.4 Å². The summed E-state index contributed by atoms with van der Waals surface area (Å²) in [7, 11) is -3.97. The molecule has 0 atom stereocenters. The zero-order chi connectivity index (χ0) is 21.9. The Morgan fingerprint density at radius 2 is 1.77 bits per heavy atom. The maximum Gasteiger partial charge on any atom is 0.416 e. The SMILES string of the molecule is CC(=O)NS(=O)(=O)Cn1nnc(-c2ccccc2Cc2ccc(C(F)(F)F)cc2)n1. The predicted molar refractivity (Wildman–Crippen MR) is 100 cm³/mol. The standard InChI is InChI=1S/C18H16F3N5O3S/c1-12(27)24-30(28,29)11-26-23-17(22-25-26)16-5-3-2-4-14(16)10-13-6-8-15(9-7-13)18(19,20)21/h2-9H,10-11H2,1H3,(H,24,27). The number of halogens is 3. The molecule has 158 valence electrons. The molecule has 0 spiro atoms. The van der Waals surface area contributed by atoms with E-state index in [4.69, 9.17) is 0 Å². The third-order valence-corrected chi connectivity index (χ3v) is 5.14. The van der Waals surface area contributed by atoms with Crippen LogP contribution in [-0.2, 0) is 33.3 Å². The van der Waals surface area contributed by atoms with E-state index in [-0.39, 0.29) is 5.82 Å². The second-order valence-electron chi connectivity index (χ2n) is 6.42. The fourth-order valence-electron chi connectivity index (χ4n) is 2.73. The van der Waals surface area contributed by atoms with Crippen LogP contribution >= 0.6 is 0 Å². The lowest BCUT2D eigenvalue weighted by molar-refractivity contribution is -0.137. The molecule has 8 nitrogen and oxygen atoms in total. The van der Waals surface area contributed by atoms with Crippen LogP contribution < -0.4 is 4.72 Å².